The molecule has 2 aromatic rings. The number of rotatable bonds is 5. The van der Waals surface area contributed by atoms with E-state index in [1.807, 2.05) is 54.6 Å². The van der Waals surface area contributed by atoms with Crippen molar-refractivity contribution in [3.8, 4) is 0 Å². The zero-order valence-corrected chi connectivity index (χ0v) is 15.4. The molecule has 0 aliphatic heterocycles. The Balaban J connectivity index is 2.41. The maximum atomic E-state index is 5.50. The van der Waals surface area contributed by atoms with Crippen molar-refractivity contribution in [2.24, 2.45) is 4.99 Å². The maximum absolute atomic E-state index is 5.50. The smallest absolute Gasteiger partial charge is 0.0787 e. The normalized spacial score (nSPS) is 11.3. The molecule has 0 spiro atoms. The van der Waals surface area contributed by atoms with E-state index >= 15 is 0 Å². The van der Waals surface area contributed by atoms with Crippen LogP contribution in [0.4, 0.5) is 5.69 Å². The molecule has 0 aliphatic rings. The van der Waals surface area contributed by atoms with Gasteiger partial charge in [0.1, 0.15) is 0 Å². The van der Waals surface area contributed by atoms with Crippen molar-refractivity contribution in [3.05, 3.63) is 59.7 Å². The minimum absolute atomic E-state index is 0.495. The minimum atomic E-state index is 0.495. The molecule has 0 radical (unpaired) electrons. The van der Waals surface area contributed by atoms with Gasteiger partial charge in [0.05, 0.1) is 9.88 Å². The van der Waals surface area contributed by atoms with E-state index in [-0.39, 0.29) is 0 Å². The first-order chi connectivity index (χ1) is 10.6. The number of para-hydroxylation sites is 1. The molecule has 0 N–H and O–H groups in total. The summed E-state index contributed by atoms with van der Waals surface area (Å²) < 4.78 is 0.929. The number of hydrogen-bond donors (Lipinski definition) is 0. The minimum Gasteiger partial charge on any atom is -0.256 e. The Morgan fingerprint density at radius 2 is 1.82 bits per heavy atom. The molecular weight excluding hydrogens is 326 g/mol. The second-order valence-corrected chi connectivity index (χ2v) is 8.05. The van der Waals surface area contributed by atoms with Crippen LogP contribution in [0.3, 0.4) is 0 Å². The van der Waals surface area contributed by atoms with Gasteiger partial charge in [0, 0.05) is 27.5 Å². The van der Waals surface area contributed by atoms with Crippen LogP contribution in [0.25, 0.3) is 0 Å². The molecule has 0 heterocycles. The molecule has 2 aromatic carbocycles. The lowest BCUT2D eigenvalue weighted by atomic mass is 10.1. The fourth-order valence-corrected chi connectivity index (χ4v) is 3.67. The summed E-state index contributed by atoms with van der Waals surface area (Å²) in [7, 11) is 0. The lowest BCUT2D eigenvalue weighted by Gasteiger charge is -2.14. The van der Waals surface area contributed by atoms with E-state index in [9.17, 15) is 0 Å². The standard InChI is InChI=1S/C18H19NS3/c1-13(2)22-17-14(8-7-11-16(17)18(20)21-3)12-19-15-9-5-4-6-10-15/h4-13H,1-3H3. The lowest BCUT2D eigenvalue weighted by Crippen LogP contribution is -2.00. The predicted octanol–water partition coefficient (Wildman–Crippen LogP) is 5.98. The Hall–Kier alpha value is -1.10. The molecule has 0 aromatic heterocycles. The Morgan fingerprint density at radius 3 is 2.45 bits per heavy atom. The van der Waals surface area contributed by atoms with Gasteiger partial charge in [0.15, 0.2) is 0 Å². The largest absolute Gasteiger partial charge is 0.256 e. The van der Waals surface area contributed by atoms with E-state index in [4.69, 9.17) is 12.2 Å². The van der Waals surface area contributed by atoms with Crippen LogP contribution in [0, 0.1) is 0 Å². The van der Waals surface area contributed by atoms with Crippen molar-refractivity contribution in [1.29, 1.82) is 0 Å². The van der Waals surface area contributed by atoms with Gasteiger partial charge in [0.25, 0.3) is 0 Å². The quantitative estimate of drug-likeness (QED) is 0.376. The molecule has 1 nitrogen and oxygen atoms in total. The van der Waals surface area contributed by atoms with Gasteiger partial charge in [-0.1, -0.05) is 62.5 Å². The van der Waals surface area contributed by atoms with Crippen LogP contribution >= 0.6 is 35.7 Å². The van der Waals surface area contributed by atoms with Gasteiger partial charge in [-0.15, -0.1) is 23.5 Å². The number of thioether (sulfide) groups is 2. The monoisotopic (exact) mass is 345 g/mol. The van der Waals surface area contributed by atoms with Crippen molar-refractivity contribution >= 4 is 51.8 Å². The van der Waals surface area contributed by atoms with Crippen LogP contribution in [0.15, 0.2) is 58.4 Å². The number of nitrogens with zero attached hydrogens (tertiary/aromatic N) is 1. The Labute approximate surface area is 146 Å². The van der Waals surface area contributed by atoms with E-state index in [0.717, 1.165) is 21.0 Å². The highest BCUT2D eigenvalue weighted by Crippen LogP contribution is 2.32. The molecule has 22 heavy (non-hydrogen) atoms. The molecule has 0 unspecified atom stereocenters. The first-order valence-electron chi connectivity index (χ1n) is 7.09. The van der Waals surface area contributed by atoms with Crippen molar-refractivity contribution in [2.45, 2.75) is 24.0 Å². The molecule has 0 bridgehead atoms. The van der Waals surface area contributed by atoms with Crippen LogP contribution in [0.1, 0.15) is 25.0 Å². The summed E-state index contributed by atoms with van der Waals surface area (Å²) in [4.78, 5) is 5.80. The van der Waals surface area contributed by atoms with Crippen LogP contribution in [-0.2, 0) is 0 Å². The second-order valence-electron chi connectivity index (χ2n) is 4.98. The molecule has 0 atom stereocenters. The molecule has 4 heteroatoms. The summed E-state index contributed by atoms with van der Waals surface area (Å²) >= 11 is 8.96. The van der Waals surface area contributed by atoms with Gasteiger partial charge < -0.3 is 0 Å². The third-order valence-electron chi connectivity index (χ3n) is 2.91. The molecule has 0 aliphatic carbocycles. The third-order valence-corrected chi connectivity index (χ3v) is 5.39. The molecule has 0 saturated carbocycles. The average Bonchev–Trinajstić information content (AvgIpc) is 2.53. The summed E-state index contributed by atoms with van der Waals surface area (Å²) in [6.45, 7) is 4.39. The highest BCUT2D eigenvalue weighted by Gasteiger charge is 2.12. The van der Waals surface area contributed by atoms with Crippen molar-refractivity contribution < 1.29 is 0 Å². The van der Waals surface area contributed by atoms with E-state index in [1.54, 1.807) is 11.8 Å². The van der Waals surface area contributed by atoms with E-state index < -0.39 is 0 Å². The average molecular weight is 346 g/mol. The fraction of sp³-hybridized carbons (Fsp3) is 0.222. The van der Waals surface area contributed by atoms with Crippen molar-refractivity contribution in [3.63, 3.8) is 0 Å². The third kappa shape index (κ3) is 4.70. The summed E-state index contributed by atoms with van der Waals surface area (Å²) in [5, 5.41) is 0.495. The van der Waals surface area contributed by atoms with Crippen LogP contribution in [0.2, 0.25) is 0 Å². The van der Waals surface area contributed by atoms with Gasteiger partial charge in [-0.25, -0.2) is 0 Å². The van der Waals surface area contributed by atoms with E-state index in [1.165, 1.54) is 4.90 Å². The second kappa shape index (κ2) is 8.51. The summed E-state index contributed by atoms with van der Waals surface area (Å²) in [5.74, 6) is 0. The summed E-state index contributed by atoms with van der Waals surface area (Å²) in [6, 6.07) is 16.2. The van der Waals surface area contributed by atoms with Crippen molar-refractivity contribution in [1.82, 2.24) is 0 Å². The molecular formula is C18H19NS3. The number of aliphatic imine (C=N–C) groups is 1. The van der Waals surface area contributed by atoms with Gasteiger partial charge in [-0.2, -0.15) is 0 Å². The lowest BCUT2D eigenvalue weighted by molar-refractivity contribution is 1.11. The van der Waals surface area contributed by atoms with Gasteiger partial charge in [-0.3, -0.25) is 4.99 Å². The van der Waals surface area contributed by atoms with Crippen molar-refractivity contribution in [2.75, 3.05) is 6.26 Å². The van der Waals surface area contributed by atoms with Gasteiger partial charge in [0.2, 0.25) is 0 Å². The van der Waals surface area contributed by atoms with Gasteiger partial charge >= 0.3 is 0 Å². The van der Waals surface area contributed by atoms with E-state index in [0.29, 0.717) is 5.25 Å². The fourth-order valence-electron chi connectivity index (χ4n) is 1.95. The molecule has 2 rings (SSSR count). The molecule has 114 valence electrons. The Bertz CT molecular complexity index is 663. The number of benzene rings is 2. The summed E-state index contributed by atoms with van der Waals surface area (Å²) in [5.41, 5.74) is 3.22. The molecule has 0 amide bonds. The molecule has 0 saturated heterocycles. The van der Waals surface area contributed by atoms with Crippen LogP contribution in [-0.4, -0.2) is 21.9 Å². The highest BCUT2D eigenvalue weighted by molar-refractivity contribution is 8.23. The Morgan fingerprint density at radius 1 is 1.09 bits per heavy atom. The Kier molecular flexibility index (Phi) is 6.68. The maximum Gasteiger partial charge on any atom is 0.0787 e. The zero-order chi connectivity index (χ0) is 15.9. The molecule has 0 fully saturated rings. The SMILES string of the molecule is CSC(=S)c1cccc(C=Nc2ccccc2)c1SC(C)C. The first kappa shape index (κ1) is 17.3. The highest BCUT2D eigenvalue weighted by atomic mass is 32.2. The predicted molar refractivity (Wildman–Crippen MR) is 106 cm³/mol. The number of hydrogen-bond acceptors (Lipinski definition) is 4. The van der Waals surface area contributed by atoms with Crippen LogP contribution in [0.5, 0.6) is 0 Å². The summed E-state index contributed by atoms with van der Waals surface area (Å²) in [6.07, 6.45) is 3.96. The first-order valence-corrected chi connectivity index (χ1v) is 9.60. The topological polar surface area (TPSA) is 12.4 Å². The van der Waals surface area contributed by atoms with Crippen LogP contribution < -0.4 is 0 Å². The van der Waals surface area contributed by atoms with Gasteiger partial charge in [-0.05, 0) is 18.4 Å². The zero-order valence-electron chi connectivity index (χ0n) is 12.9. The number of thiocarbonyl (C=S) groups is 1. The van der Waals surface area contributed by atoms with E-state index in [2.05, 4.69) is 37.0 Å².